The summed E-state index contributed by atoms with van der Waals surface area (Å²) in [6.45, 7) is 2.47. The van der Waals surface area contributed by atoms with Gasteiger partial charge in [0, 0.05) is 32.2 Å². The minimum absolute atomic E-state index is 0.0635. The van der Waals surface area contributed by atoms with Crippen LogP contribution in [-0.2, 0) is 10.0 Å². The molecule has 0 spiro atoms. The van der Waals surface area contributed by atoms with Gasteiger partial charge < -0.3 is 9.64 Å². The quantitative estimate of drug-likeness (QED) is 0.598. The zero-order valence-electron chi connectivity index (χ0n) is 16.7. The second-order valence-electron chi connectivity index (χ2n) is 6.97. The highest BCUT2D eigenvalue weighted by molar-refractivity contribution is 7.89. The molecule has 0 unspecified atom stereocenters. The normalized spacial score (nSPS) is 15.1. The minimum Gasteiger partial charge on any atom is -0.439 e. The SMILES string of the molecule is Cc1nc(Oc2ccccc2)cc(N2CCN(S(=O)(=O)c3c(F)cccc3F)CC2)n1. The molecular formula is C21H20F2N4O3S. The molecule has 0 bridgehead atoms. The lowest BCUT2D eigenvalue weighted by atomic mass is 10.3. The minimum atomic E-state index is -4.29. The Morgan fingerprint density at radius 3 is 2.19 bits per heavy atom. The molecule has 10 heteroatoms. The van der Waals surface area contributed by atoms with Gasteiger partial charge in [-0.3, -0.25) is 0 Å². The van der Waals surface area contributed by atoms with Gasteiger partial charge in [-0.05, 0) is 31.2 Å². The number of rotatable bonds is 5. The molecule has 0 aliphatic carbocycles. The number of hydrogen-bond acceptors (Lipinski definition) is 6. The van der Waals surface area contributed by atoms with Crippen LogP contribution in [0.2, 0.25) is 0 Å². The number of halogens is 2. The first-order valence-electron chi connectivity index (χ1n) is 9.62. The van der Waals surface area contributed by atoms with Crippen molar-refractivity contribution in [1.82, 2.24) is 14.3 Å². The monoisotopic (exact) mass is 446 g/mol. The Kier molecular flexibility index (Phi) is 5.84. The molecule has 1 aliphatic heterocycles. The number of anilines is 1. The predicted octanol–water partition coefficient (Wildman–Crippen LogP) is 3.37. The third-order valence-corrected chi connectivity index (χ3v) is 6.80. The lowest BCUT2D eigenvalue weighted by Gasteiger charge is -2.34. The molecule has 0 N–H and O–H groups in total. The average Bonchev–Trinajstić information content (AvgIpc) is 2.74. The van der Waals surface area contributed by atoms with E-state index in [0.717, 1.165) is 22.5 Å². The van der Waals surface area contributed by atoms with Gasteiger partial charge in [-0.1, -0.05) is 24.3 Å². The van der Waals surface area contributed by atoms with E-state index in [1.807, 2.05) is 35.2 Å². The topological polar surface area (TPSA) is 75.6 Å². The maximum absolute atomic E-state index is 14.0. The zero-order valence-corrected chi connectivity index (χ0v) is 17.5. The van der Waals surface area contributed by atoms with Gasteiger partial charge >= 0.3 is 0 Å². The molecule has 162 valence electrons. The van der Waals surface area contributed by atoms with Crippen molar-refractivity contribution < 1.29 is 21.9 Å². The molecule has 7 nitrogen and oxygen atoms in total. The van der Waals surface area contributed by atoms with Gasteiger partial charge in [0.1, 0.15) is 29.0 Å². The third-order valence-electron chi connectivity index (χ3n) is 4.85. The standard InChI is InChI=1S/C21H20F2N4O3S/c1-15-24-19(14-20(25-15)30-16-6-3-2-4-7-16)26-10-12-27(13-11-26)31(28,29)21-17(22)8-5-9-18(21)23/h2-9,14H,10-13H2,1H3. The number of nitrogens with zero attached hydrogens (tertiary/aromatic N) is 4. The number of sulfonamides is 1. The third kappa shape index (κ3) is 4.49. The van der Waals surface area contributed by atoms with E-state index in [-0.39, 0.29) is 13.1 Å². The number of piperazine rings is 1. The van der Waals surface area contributed by atoms with Gasteiger partial charge in [0.05, 0.1) is 0 Å². The van der Waals surface area contributed by atoms with Crippen LogP contribution in [0.4, 0.5) is 14.6 Å². The lowest BCUT2D eigenvalue weighted by Crippen LogP contribution is -2.49. The van der Waals surface area contributed by atoms with E-state index in [1.165, 1.54) is 0 Å². The van der Waals surface area contributed by atoms with Crippen LogP contribution < -0.4 is 9.64 Å². The molecule has 4 rings (SSSR count). The number of aryl methyl sites for hydroxylation is 1. The largest absolute Gasteiger partial charge is 0.439 e. The Labute approximate surface area is 179 Å². The van der Waals surface area contributed by atoms with E-state index >= 15 is 0 Å². The van der Waals surface area contributed by atoms with Crippen molar-refractivity contribution in [3.8, 4) is 11.6 Å². The summed E-state index contributed by atoms with van der Waals surface area (Å²) in [5.74, 6) is -0.0980. The highest BCUT2D eigenvalue weighted by atomic mass is 32.2. The van der Waals surface area contributed by atoms with Crippen LogP contribution in [0.1, 0.15) is 5.82 Å². The fraction of sp³-hybridized carbons (Fsp3) is 0.238. The van der Waals surface area contributed by atoms with Crippen molar-refractivity contribution in [2.24, 2.45) is 0 Å². The summed E-state index contributed by atoms with van der Waals surface area (Å²) in [5, 5.41) is 0. The number of para-hydroxylation sites is 1. The molecule has 0 saturated carbocycles. The van der Waals surface area contributed by atoms with Gasteiger partial charge in [0.2, 0.25) is 15.9 Å². The molecular weight excluding hydrogens is 426 g/mol. The van der Waals surface area contributed by atoms with E-state index in [0.29, 0.717) is 36.4 Å². The van der Waals surface area contributed by atoms with Crippen molar-refractivity contribution in [3.63, 3.8) is 0 Å². The summed E-state index contributed by atoms with van der Waals surface area (Å²) < 4.78 is 60.4. The molecule has 3 aromatic rings. The summed E-state index contributed by atoms with van der Waals surface area (Å²) in [6, 6.07) is 13.9. The van der Waals surface area contributed by atoms with Gasteiger partial charge in [0.15, 0.2) is 4.90 Å². The van der Waals surface area contributed by atoms with E-state index in [4.69, 9.17) is 4.74 Å². The van der Waals surface area contributed by atoms with E-state index < -0.39 is 26.6 Å². The Balaban J connectivity index is 1.50. The molecule has 2 heterocycles. The molecule has 2 aromatic carbocycles. The van der Waals surface area contributed by atoms with Gasteiger partial charge in [0.25, 0.3) is 0 Å². The molecule has 1 aliphatic rings. The molecule has 1 fully saturated rings. The first kappa shape index (κ1) is 21.1. The van der Waals surface area contributed by atoms with Crippen molar-refractivity contribution in [2.45, 2.75) is 11.8 Å². The highest BCUT2D eigenvalue weighted by Crippen LogP contribution is 2.26. The van der Waals surface area contributed by atoms with E-state index in [9.17, 15) is 17.2 Å². The molecule has 1 saturated heterocycles. The maximum atomic E-state index is 14.0. The predicted molar refractivity (Wildman–Crippen MR) is 111 cm³/mol. The first-order valence-corrected chi connectivity index (χ1v) is 11.1. The smallest absolute Gasteiger partial charge is 0.249 e. The Morgan fingerprint density at radius 2 is 1.55 bits per heavy atom. The van der Waals surface area contributed by atoms with E-state index in [2.05, 4.69) is 9.97 Å². The summed E-state index contributed by atoms with van der Waals surface area (Å²) in [4.78, 5) is 9.68. The van der Waals surface area contributed by atoms with Crippen molar-refractivity contribution in [2.75, 3.05) is 31.1 Å². The van der Waals surface area contributed by atoms with Crippen molar-refractivity contribution in [1.29, 1.82) is 0 Å². The summed E-state index contributed by atoms with van der Waals surface area (Å²) >= 11 is 0. The molecule has 1 aromatic heterocycles. The van der Waals surface area contributed by atoms with Gasteiger partial charge in [-0.15, -0.1) is 0 Å². The molecule has 0 atom stereocenters. The van der Waals surface area contributed by atoms with Crippen LogP contribution in [0.5, 0.6) is 11.6 Å². The number of benzene rings is 2. The van der Waals surface area contributed by atoms with Gasteiger partial charge in [-0.25, -0.2) is 22.2 Å². The second kappa shape index (κ2) is 8.56. The second-order valence-corrected chi connectivity index (χ2v) is 8.84. The fourth-order valence-electron chi connectivity index (χ4n) is 3.36. The summed E-state index contributed by atoms with van der Waals surface area (Å²) in [5.41, 5.74) is 0. The number of ether oxygens (including phenoxy) is 1. The number of hydrogen-bond donors (Lipinski definition) is 0. The van der Waals surface area contributed by atoms with Gasteiger partial charge in [-0.2, -0.15) is 9.29 Å². The van der Waals surface area contributed by atoms with Crippen LogP contribution in [0.15, 0.2) is 59.5 Å². The van der Waals surface area contributed by atoms with Crippen LogP contribution in [-0.4, -0.2) is 48.9 Å². The molecule has 0 radical (unpaired) electrons. The molecule has 31 heavy (non-hydrogen) atoms. The van der Waals surface area contributed by atoms with Crippen molar-refractivity contribution in [3.05, 3.63) is 72.1 Å². The Hall–Kier alpha value is -3.11. The summed E-state index contributed by atoms with van der Waals surface area (Å²) in [7, 11) is -4.29. The zero-order chi connectivity index (χ0) is 22.0. The maximum Gasteiger partial charge on any atom is 0.249 e. The van der Waals surface area contributed by atoms with Crippen LogP contribution in [0.25, 0.3) is 0 Å². The lowest BCUT2D eigenvalue weighted by molar-refractivity contribution is 0.377. The number of aromatic nitrogens is 2. The van der Waals surface area contributed by atoms with Crippen LogP contribution in [0.3, 0.4) is 0 Å². The van der Waals surface area contributed by atoms with E-state index in [1.54, 1.807) is 13.0 Å². The van der Waals surface area contributed by atoms with Crippen LogP contribution >= 0.6 is 0 Å². The molecule has 0 amide bonds. The van der Waals surface area contributed by atoms with Crippen molar-refractivity contribution >= 4 is 15.8 Å². The average molecular weight is 446 g/mol. The fourth-order valence-corrected chi connectivity index (χ4v) is 4.90. The first-order chi connectivity index (χ1) is 14.8. The Morgan fingerprint density at radius 1 is 0.903 bits per heavy atom. The summed E-state index contributed by atoms with van der Waals surface area (Å²) in [6.07, 6.45) is 0. The van der Waals surface area contributed by atoms with Crippen LogP contribution in [0, 0.1) is 18.6 Å². The Bertz CT molecular complexity index is 1160. The highest BCUT2D eigenvalue weighted by Gasteiger charge is 2.33.